The van der Waals surface area contributed by atoms with Gasteiger partial charge in [-0.3, -0.25) is 4.79 Å². The summed E-state index contributed by atoms with van der Waals surface area (Å²) in [6.07, 6.45) is 6.14. The molecule has 1 saturated carbocycles. The average molecular weight is 254 g/mol. The number of ether oxygens (including phenoxy) is 3. The Balaban J connectivity index is 1.62. The van der Waals surface area contributed by atoms with E-state index in [0.717, 1.165) is 32.3 Å². The van der Waals surface area contributed by atoms with Gasteiger partial charge in [-0.25, -0.2) is 0 Å². The van der Waals surface area contributed by atoms with E-state index in [9.17, 15) is 4.79 Å². The van der Waals surface area contributed by atoms with Gasteiger partial charge in [0.25, 0.3) is 0 Å². The maximum absolute atomic E-state index is 12.4. The second-order valence-electron chi connectivity index (χ2n) is 5.77. The first-order valence-corrected chi connectivity index (χ1v) is 7.16. The van der Waals surface area contributed by atoms with Gasteiger partial charge in [0.05, 0.1) is 25.4 Å². The number of carbonyl (C=O) groups excluding carboxylic acids is 1. The zero-order valence-electron chi connectivity index (χ0n) is 10.9. The fourth-order valence-corrected chi connectivity index (χ4v) is 3.55. The molecular weight excluding hydrogens is 232 g/mol. The Hall–Kier alpha value is -0.450. The zero-order valence-corrected chi connectivity index (χ0v) is 10.9. The maximum Gasteiger partial charge on any atom is 0.167 e. The van der Waals surface area contributed by atoms with Crippen molar-refractivity contribution in [1.82, 2.24) is 0 Å². The molecule has 0 N–H and O–H groups in total. The molecule has 2 aliphatic heterocycles. The number of carbonyl (C=O) groups is 1. The molecule has 2 unspecified atom stereocenters. The van der Waals surface area contributed by atoms with Gasteiger partial charge in [-0.05, 0) is 25.7 Å². The highest BCUT2D eigenvalue weighted by Crippen LogP contribution is 2.42. The monoisotopic (exact) mass is 254 g/mol. The minimum Gasteiger partial charge on any atom is -0.376 e. The maximum atomic E-state index is 12.4. The van der Waals surface area contributed by atoms with Crippen LogP contribution in [0.25, 0.3) is 0 Å². The van der Waals surface area contributed by atoms with Gasteiger partial charge in [-0.1, -0.05) is 12.8 Å². The Bertz CT molecular complexity index is 303. The lowest BCUT2D eigenvalue weighted by atomic mass is 9.81. The molecule has 0 aromatic heterocycles. The zero-order chi connectivity index (χ0) is 12.4. The van der Waals surface area contributed by atoms with Crippen molar-refractivity contribution in [2.75, 3.05) is 26.4 Å². The van der Waals surface area contributed by atoms with E-state index in [1.54, 1.807) is 0 Å². The molecule has 18 heavy (non-hydrogen) atoms. The van der Waals surface area contributed by atoms with Gasteiger partial charge < -0.3 is 14.2 Å². The van der Waals surface area contributed by atoms with Crippen molar-refractivity contribution in [3.63, 3.8) is 0 Å². The van der Waals surface area contributed by atoms with Crippen LogP contribution in [0, 0.1) is 5.92 Å². The highest BCUT2D eigenvalue weighted by molar-refractivity contribution is 5.85. The van der Waals surface area contributed by atoms with E-state index < -0.39 is 0 Å². The summed E-state index contributed by atoms with van der Waals surface area (Å²) >= 11 is 0. The summed E-state index contributed by atoms with van der Waals surface area (Å²) in [5.41, 5.74) is 0.00804. The molecule has 2 atom stereocenters. The highest BCUT2D eigenvalue weighted by atomic mass is 16.6. The summed E-state index contributed by atoms with van der Waals surface area (Å²) < 4.78 is 16.8. The van der Waals surface area contributed by atoms with Crippen LogP contribution < -0.4 is 0 Å². The number of rotatable bonds is 2. The number of hydrogen-bond acceptors (Lipinski definition) is 4. The number of Topliss-reactive ketones (excluding diaryl/α,β-unsaturated/α-hetero) is 1. The summed E-state index contributed by atoms with van der Waals surface area (Å²) in [7, 11) is 0. The minimum atomic E-state index is -0.333. The van der Waals surface area contributed by atoms with Crippen molar-refractivity contribution in [1.29, 1.82) is 0 Å². The van der Waals surface area contributed by atoms with Crippen LogP contribution in [-0.2, 0) is 19.0 Å². The highest BCUT2D eigenvalue weighted by Gasteiger charge is 2.43. The molecule has 4 heteroatoms. The van der Waals surface area contributed by atoms with E-state index in [1.165, 1.54) is 12.8 Å². The topological polar surface area (TPSA) is 44.8 Å². The smallest absolute Gasteiger partial charge is 0.167 e. The molecule has 2 heterocycles. The molecule has 0 radical (unpaired) electrons. The molecule has 3 fully saturated rings. The van der Waals surface area contributed by atoms with E-state index in [4.69, 9.17) is 14.2 Å². The van der Waals surface area contributed by atoms with Crippen LogP contribution >= 0.6 is 0 Å². The summed E-state index contributed by atoms with van der Waals surface area (Å²) in [6.45, 7) is 2.32. The van der Waals surface area contributed by atoms with Gasteiger partial charge >= 0.3 is 0 Å². The molecule has 102 valence electrons. The van der Waals surface area contributed by atoms with Gasteiger partial charge in [-0.2, -0.15) is 0 Å². The van der Waals surface area contributed by atoms with Crippen LogP contribution in [-0.4, -0.2) is 43.9 Å². The lowest BCUT2D eigenvalue weighted by Gasteiger charge is -2.38. The Morgan fingerprint density at radius 1 is 1.11 bits per heavy atom. The van der Waals surface area contributed by atoms with E-state index in [2.05, 4.69) is 0 Å². The molecule has 1 spiro atoms. The molecule has 0 amide bonds. The Kier molecular flexibility index (Phi) is 3.68. The number of hydrogen-bond donors (Lipinski definition) is 0. The second-order valence-corrected chi connectivity index (χ2v) is 5.77. The Morgan fingerprint density at radius 3 is 2.67 bits per heavy atom. The van der Waals surface area contributed by atoms with Crippen LogP contribution in [0.1, 0.15) is 38.5 Å². The lowest BCUT2D eigenvalue weighted by Crippen LogP contribution is -2.45. The lowest BCUT2D eigenvalue weighted by molar-refractivity contribution is -0.159. The van der Waals surface area contributed by atoms with E-state index >= 15 is 0 Å². The first-order valence-electron chi connectivity index (χ1n) is 7.16. The van der Waals surface area contributed by atoms with Gasteiger partial charge in [0.1, 0.15) is 6.10 Å². The van der Waals surface area contributed by atoms with E-state index in [0.29, 0.717) is 19.8 Å². The molecule has 3 aliphatic rings. The first-order chi connectivity index (χ1) is 8.79. The minimum absolute atomic E-state index is 0.00804. The SMILES string of the molecule is O=C(C1CCOC2(CCCC2)C1)C1COCCO1. The van der Waals surface area contributed by atoms with Crippen LogP contribution in [0.3, 0.4) is 0 Å². The van der Waals surface area contributed by atoms with Gasteiger partial charge in [0, 0.05) is 12.5 Å². The third-order valence-corrected chi connectivity index (χ3v) is 4.54. The van der Waals surface area contributed by atoms with Gasteiger partial charge in [0.2, 0.25) is 0 Å². The van der Waals surface area contributed by atoms with Crippen LogP contribution in [0.15, 0.2) is 0 Å². The van der Waals surface area contributed by atoms with Crippen LogP contribution in [0.5, 0.6) is 0 Å². The quantitative estimate of drug-likeness (QED) is 0.752. The molecule has 0 bridgehead atoms. The van der Waals surface area contributed by atoms with Crippen molar-refractivity contribution < 1.29 is 19.0 Å². The van der Waals surface area contributed by atoms with Crippen molar-refractivity contribution in [3.05, 3.63) is 0 Å². The van der Waals surface area contributed by atoms with Gasteiger partial charge in [0.15, 0.2) is 5.78 Å². The third kappa shape index (κ3) is 2.46. The Labute approximate surface area is 108 Å². The molecule has 3 rings (SSSR count). The predicted octanol–water partition coefficient (Wildman–Crippen LogP) is 1.71. The van der Waals surface area contributed by atoms with Crippen molar-refractivity contribution >= 4 is 5.78 Å². The largest absolute Gasteiger partial charge is 0.376 e. The van der Waals surface area contributed by atoms with E-state index in [-0.39, 0.29) is 23.4 Å². The summed E-state index contributed by atoms with van der Waals surface area (Å²) in [6, 6.07) is 0. The third-order valence-electron chi connectivity index (χ3n) is 4.54. The normalized spacial score (nSPS) is 35.8. The standard InChI is InChI=1S/C14H22O4/c15-13(12-10-16-7-8-17-12)11-3-6-18-14(9-11)4-1-2-5-14/h11-12H,1-10H2. The molecular formula is C14H22O4. The van der Waals surface area contributed by atoms with Crippen molar-refractivity contribution in [2.24, 2.45) is 5.92 Å². The fraction of sp³-hybridized carbons (Fsp3) is 0.929. The van der Waals surface area contributed by atoms with Crippen LogP contribution in [0.4, 0.5) is 0 Å². The Morgan fingerprint density at radius 2 is 1.94 bits per heavy atom. The molecule has 2 saturated heterocycles. The molecule has 0 aromatic carbocycles. The molecule has 0 aromatic rings. The van der Waals surface area contributed by atoms with Crippen molar-refractivity contribution in [3.8, 4) is 0 Å². The predicted molar refractivity (Wildman–Crippen MR) is 65.4 cm³/mol. The summed E-state index contributed by atoms with van der Waals surface area (Å²) in [5, 5.41) is 0. The number of ketones is 1. The fourth-order valence-electron chi connectivity index (χ4n) is 3.55. The average Bonchev–Trinajstić information content (AvgIpc) is 2.87. The second kappa shape index (κ2) is 5.27. The molecule has 1 aliphatic carbocycles. The van der Waals surface area contributed by atoms with E-state index in [1.807, 2.05) is 0 Å². The summed E-state index contributed by atoms with van der Waals surface area (Å²) in [4.78, 5) is 12.4. The first kappa shape index (κ1) is 12.6. The van der Waals surface area contributed by atoms with Crippen molar-refractivity contribution in [2.45, 2.75) is 50.2 Å². The summed E-state index contributed by atoms with van der Waals surface area (Å²) in [5.74, 6) is 0.354. The van der Waals surface area contributed by atoms with Gasteiger partial charge in [-0.15, -0.1) is 0 Å². The molecule has 4 nitrogen and oxygen atoms in total. The van der Waals surface area contributed by atoms with Crippen LogP contribution in [0.2, 0.25) is 0 Å².